The van der Waals surface area contributed by atoms with Crippen molar-refractivity contribution >= 4 is 28.0 Å². The van der Waals surface area contributed by atoms with Crippen molar-refractivity contribution in [2.45, 2.75) is 12.2 Å². The first-order valence-electron chi connectivity index (χ1n) is 5.05. The van der Waals surface area contributed by atoms with Gasteiger partial charge < -0.3 is 4.74 Å². The molecule has 1 rings (SSSR count). The molecule has 0 radical (unpaired) electrons. The molecule has 0 amide bonds. The lowest BCUT2D eigenvalue weighted by Gasteiger charge is -2.12. The van der Waals surface area contributed by atoms with Crippen LogP contribution in [0.15, 0.2) is 24.3 Å². The van der Waals surface area contributed by atoms with Gasteiger partial charge in [-0.25, -0.2) is 8.42 Å². The molecular formula is C11H13NO5S. The van der Waals surface area contributed by atoms with Gasteiger partial charge in [-0.1, -0.05) is 0 Å². The van der Waals surface area contributed by atoms with E-state index in [4.69, 9.17) is 0 Å². The summed E-state index contributed by atoms with van der Waals surface area (Å²) < 4.78 is 30.2. The lowest BCUT2D eigenvalue weighted by atomic mass is 10.2. The van der Waals surface area contributed by atoms with Crippen molar-refractivity contribution in [3.63, 3.8) is 0 Å². The van der Waals surface area contributed by atoms with Gasteiger partial charge in [0.05, 0.1) is 7.11 Å². The number of ether oxygens (including phenoxy) is 1. The monoisotopic (exact) mass is 271 g/mol. The Bertz CT molecular complexity index is 535. The van der Waals surface area contributed by atoms with Crippen LogP contribution in [0.1, 0.15) is 17.3 Å². The van der Waals surface area contributed by atoms with Gasteiger partial charge in [-0.05, 0) is 31.2 Å². The first kappa shape index (κ1) is 14.2. The van der Waals surface area contributed by atoms with E-state index >= 15 is 0 Å². The molecule has 0 aliphatic heterocycles. The highest BCUT2D eigenvalue weighted by molar-refractivity contribution is 7.94. The normalized spacial score (nSPS) is 12.6. The van der Waals surface area contributed by atoms with Crippen LogP contribution in [-0.4, -0.2) is 33.0 Å². The van der Waals surface area contributed by atoms with Gasteiger partial charge in [0.15, 0.2) is 5.25 Å². The van der Waals surface area contributed by atoms with Crippen LogP contribution in [0.3, 0.4) is 0 Å². The Kier molecular flexibility index (Phi) is 4.43. The molecule has 0 bridgehead atoms. The van der Waals surface area contributed by atoms with Crippen molar-refractivity contribution in [1.82, 2.24) is 0 Å². The number of aldehydes is 1. The third kappa shape index (κ3) is 3.30. The van der Waals surface area contributed by atoms with Crippen LogP contribution in [-0.2, 0) is 19.6 Å². The Labute approximate surface area is 105 Å². The molecule has 0 aliphatic carbocycles. The fourth-order valence-corrected chi connectivity index (χ4v) is 2.17. The minimum Gasteiger partial charge on any atom is -0.468 e. The number of hydrogen-bond acceptors (Lipinski definition) is 5. The molecule has 1 aromatic carbocycles. The van der Waals surface area contributed by atoms with Gasteiger partial charge in [-0.3, -0.25) is 14.3 Å². The highest BCUT2D eigenvalue weighted by Gasteiger charge is 2.28. The summed E-state index contributed by atoms with van der Waals surface area (Å²) in [6.07, 6.45) is 0.648. The Hall–Kier alpha value is -1.89. The highest BCUT2D eigenvalue weighted by Crippen LogP contribution is 2.13. The van der Waals surface area contributed by atoms with Gasteiger partial charge in [0.2, 0.25) is 10.0 Å². The van der Waals surface area contributed by atoms with Crippen LogP contribution in [0.4, 0.5) is 5.69 Å². The summed E-state index contributed by atoms with van der Waals surface area (Å²) in [6, 6.07) is 5.80. The first-order valence-corrected chi connectivity index (χ1v) is 6.60. The number of sulfonamides is 1. The molecule has 1 N–H and O–H groups in total. The predicted octanol–water partition coefficient (Wildman–Crippen LogP) is 0.802. The third-order valence-corrected chi connectivity index (χ3v) is 3.95. The van der Waals surface area contributed by atoms with Crippen LogP contribution in [0.2, 0.25) is 0 Å². The van der Waals surface area contributed by atoms with Crippen molar-refractivity contribution in [2.75, 3.05) is 11.8 Å². The van der Waals surface area contributed by atoms with Crippen molar-refractivity contribution in [2.24, 2.45) is 0 Å². The molecule has 7 heteroatoms. The number of hydrogen-bond donors (Lipinski definition) is 1. The van der Waals surface area contributed by atoms with Crippen LogP contribution in [0.25, 0.3) is 0 Å². The third-order valence-electron chi connectivity index (χ3n) is 2.31. The van der Waals surface area contributed by atoms with Crippen molar-refractivity contribution in [1.29, 1.82) is 0 Å². The second kappa shape index (κ2) is 5.63. The Morgan fingerprint density at radius 1 is 1.33 bits per heavy atom. The molecule has 18 heavy (non-hydrogen) atoms. The maximum atomic E-state index is 11.8. The van der Waals surface area contributed by atoms with Crippen LogP contribution in [0, 0.1) is 0 Å². The molecule has 6 nitrogen and oxygen atoms in total. The number of methoxy groups -OCH3 is 1. The largest absolute Gasteiger partial charge is 0.468 e. The summed E-state index contributed by atoms with van der Waals surface area (Å²) in [5.41, 5.74) is 0.704. The summed E-state index contributed by atoms with van der Waals surface area (Å²) >= 11 is 0. The van der Waals surface area contributed by atoms with Gasteiger partial charge in [-0.2, -0.15) is 0 Å². The molecule has 0 aromatic heterocycles. The number of carbonyl (C=O) groups is 2. The Balaban J connectivity index is 2.88. The minimum absolute atomic E-state index is 0.274. The van der Waals surface area contributed by atoms with E-state index in [-0.39, 0.29) is 5.69 Å². The van der Waals surface area contributed by atoms with E-state index in [2.05, 4.69) is 9.46 Å². The molecule has 1 atom stereocenters. The number of nitrogens with one attached hydrogen (secondary N) is 1. The number of carbonyl (C=O) groups excluding carboxylic acids is 2. The summed E-state index contributed by atoms with van der Waals surface area (Å²) in [6.45, 7) is 1.23. The van der Waals surface area contributed by atoms with Crippen molar-refractivity contribution in [3.8, 4) is 0 Å². The molecular weight excluding hydrogens is 258 g/mol. The molecule has 0 saturated carbocycles. The summed E-state index contributed by atoms with van der Waals surface area (Å²) in [4.78, 5) is 21.6. The SMILES string of the molecule is COC(=O)C(C)S(=O)(=O)Nc1ccc(C=O)cc1. The topological polar surface area (TPSA) is 89.5 Å². The lowest BCUT2D eigenvalue weighted by Crippen LogP contribution is -2.33. The van der Waals surface area contributed by atoms with Crippen molar-refractivity contribution in [3.05, 3.63) is 29.8 Å². The van der Waals surface area contributed by atoms with Gasteiger partial charge in [0.25, 0.3) is 0 Å². The average Bonchev–Trinajstić information content (AvgIpc) is 2.37. The molecule has 98 valence electrons. The molecule has 0 fully saturated rings. The maximum Gasteiger partial charge on any atom is 0.325 e. The van der Waals surface area contributed by atoms with E-state index in [1.807, 2.05) is 0 Å². The van der Waals surface area contributed by atoms with Crippen LogP contribution in [0.5, 0.6) is 0 Å². The zero-order valence-corrected chi connectivity index (χ0v) is 10.7. The van der Waals surface area contributed by atoms with Crippen molar-refractivity contribution < 1.29 is 22.7 Å². The van der Waals surface area contributed by atoms with Gasteiger partial charge in [0.1, 0.15) is 6.29 Å². The van der Waals surface area contributed by atoms with E-state index in [0.717, 1.165) is 7.11 Å². The smallest absolute Gasteiger partial charge is 0.325 e. The molecule has 0 saturated heterocycles. The van der Waals surface area contributed by atoms with E-state index in [0.29, 0.717) is 11.8 Å². The van der Waals surface area contributed by atoms with E-state index in [1.54, 1.807) is 0 Å². The van der Waals surface area contributed by atoms with Crippen LogP contribution < -0.4 is 4.72 Å². The van der Waals surface area contributed by atoms with E-state index in [9.17, 15) is 18.0 Å². The quantitative estimate of drug-likeness (QED) is 0.632. The zero-order valence-electron chi connectivity index (χ0n) is 9.91. The zero-order chi connectivity index (χ0) is 13.8. The predicted molar refractivity (Wildman–Crippen MR) is 65.9 cm³/mol. The summed E-state index contributed by atoms with van der Waals surface area (Å²) in [5, 5.41) is -1.31. The lowest BCUT2D eigenvalue weighted by molar-refractivity contribution is -0.139. The molecule has 0 aliphatic rings. The molecule has 0 spiro atoms. The fourth-order valence-electron chi connectivity index (χ4n) is 1.18. The summed E-state index contributed by atoms with van der Waals surface area (Å²) in [5.74, 6) is -0.841. The van der Waals surface area contributed by atoms with E-state index < -0.39 is 21.2 Å². The van der Waals surface area contributed by atoms with Gasteiger partial charge in [0, 0.05) is 11.3 Å². The molecule has 1 unspecified atom stereocenters. The van der Waals surface area contributed by atoms with Gasteiger partial charge >= 0.3 is 5.97 Å². The number of benzene rings is 1. The Morgan fingerprint density at radius 2 is 1.89 bits per heavy atom. The summed E-state index contributed by atoms with van der Waals surface area (Å²) in [7, 11) is -2.74. The highest BCUT2D eigenvalue weighted by atomic mass is 32.2. The van der Waals surface area contributed by atoms with E-state index in [1.165, 1.54) is 31.2 Å². The van der Waals surface area contributed by atoms with Crippen LogP contribution >= 0.6 is 0 Å². The standard InChI is InChI=1S/C11H13NO5S/c1-8(11(14)17-2)18(15,16)12-10-5-3-9(7-13)4-6-10/h3-8,12H,1-2H3. The Morgan fingerprint density at radius 3 is 2.33 bits per heavy atom. The fraction of sp³-hybridized carbons (Fsp3) is 0.273. The maximum absolute atomic E-state index is 11.8. The van der Waals surface area contributed by atoms with Gasteiger partial charge in [-0.15, -0.1) is 0 Å². The second-order valence-electron chi connectivity index (χ2n) is 3.55. The number of anilines is 1. The molecule has 1 aromatic rings. The first-order chi connectivity index (χ1) is 8.40. The molecule has 0 heterocycles. The second-order valence-corrected chi connectivity index (χ2v) is 5.55. The average molecular weight is 271 g/mol. The minimum atomic E-state index is -3.86. The number of rotatable bonds is 5. The number of esters is 1.